The molecule has 49 heavy (non-hydrogen) atoms. The van der Waals surface area contributed by atoms with E-state index in [0.717, 1.165) is 25.7 Å². The third-order valence-corrected chi connectivity index (χ3v) is 9.26. The van der Waals surface area contributed by atoms with E-state index in [1.165, 1.54) is 141 Å². The molecule has 0 unspecified atom stereocenters. The molecular weight excluding hydrogens is 610 g/mol. The molecule has 0 aromatic rings. The summed E-state index contributed by atoms with van der Waals surface area (Å²) in [4.78, 5) is 26.5. The minimum atomic E-state index is -0.133. The van der Waals surface area contributed by atoms with Crippen molar-refractivity contribution in [3.8, 4) is 0 Å². The highest BCUT2D eigenvalue weighted by atomic mass is 16.5. The van der Waals surface area contributed by atoms with Gasteiger partial charge in [0.25, 0.3) is 0 Å². The van der Waals surface area contributed by atoms with Crippen molar-refractivity contribution in [2.24, 2.45) is 0 Å². The van der Waals surface area contributed by atoms with E-state index in [1.54, 1.807) is 0 Å². The first-order valence-corrected chi connectivity index (χ1v) is 21.1. The van der Waals surface area contributed by atoms with Crippen LogP contribution in [0.1, 0.15) is 200 Å². The molecule has 0 atom stereocenters. The van der Waals surface area contributed by atoms with Gasteiger partial charge in [0.05, 0.1) is 0 Å². The predicted molar refractivity (Wildman–Crippen MR) is 209 cm³/mol. The monoisotopic (exact) mass is 692 g/mol. The summed E-state index contributed by atoms with van der Waals surface area (Å²) in [6, 6.07) is 0. The minimum absolute atomic E-state index is 0.112. The highest BCUT2D eigenvalue weighted by Crippen LogP contribution is 2.12. The molecule has 0 aromatic heterocycles. The largest absolute Gasteiger partial charge is 0.464 e. The molecule has 288 valence electrons. The number of ether oxygens (including phenoxy) is 2. The van der Waals surface area contributed by atoms with Gasteiger partial charge >= 0.3 is 11.9 Å². The molecule has 0 heterocycles. The lowest BCUT2D eigenvalue weighted by Gasteiger charge is -2.21. The van der Waals surface area contributed by atoms with Gasteiger partial charge in [-0.1, -0.05) is 141 Å². The summed E-state index contributed by atoms with van der Waals surface area (Å²) in [5.74, 6) is -0.266. The van der Waals surface area contributed by atoms with Crippen molar-refractivity contribution in [2.45, 2.75) is 200 Å². The molecule has 0 spiro atoms. The Kier molecular flexibility index (Phi) is 39.4. The summed E-state index contributed by atoms with van der Waals surface area (Å²) >= 11 is 0. The van der Waals surface area contributed by atoms with Crippen LogP contribution in [0.15, 0.2) is 24.3 Å². The van der Waals surface area contributed by atoms with E-state index in [0.29, 0.717) is 52.1 Å². The number of rotatable bonds is 39. The summed E-state index contributed by atoms with van der Waals surface area (Å²) in [6.07, 6.45) is 43.2. The molecule has 0 aromatic carbocycles. The molecule has 0 aliphatic heterocycles. The SMILES string of the molecule is CCCCCCCC/C=C\CCCCCCCC(=O)OCCN(CCCO)CCOC(=O)CCCCCCC/C=C\CCCCCCCC. The average molecular weight is 692 g/mol. The smallest absolute Gasteiger partial charge is 0.305 e. The van der Waals surface area contributed by atoms with Crippen LogP contribution >= 0.6 is 0 Å². The Morgan fingerprint density at radius 1 is 0.449 bits per heavy atom. The molecule has 6 nitrogen and oxygen atoms in total. The molecule has 0 aliphatic carbocycles. The van der Waals surface area contributed by atoms with Crippen molar-refractivity contribution in [1.29, 1.82) is 0 Å². The Hall–Kier alpha value is -1.66. The second-order valence-corrected chi connectivity index (χ2v) is 14.0. The van der Waals surface area contributed by atoms with Gasteiger partial charge in [-0.15, -0.1) is 0 Å². The van der Waals surface area contributed by atoms with E-state index in [2.05, 4.69) is 43.1 Å². The van der Waals surface area contributed by atoms with Gasteiger partial charge in [-0.2, -0.15) is 0 Å². The zero-order chi connectivity index (χ0) is 35.7. The van der Waals surface area contributed by atoms with Gasteiger partial charge in [0.1, 0.15) is 13.2 Å². The highest BCUT2D eigenvalue weighted by Gasteiger charge is 2.10. The van der Waals surface area contributed by atoms with Crippen molar-refractivity contribution in [1.82, 2.24) is 4.90 Å². The highest BCUT2D eigenvalue weighted by molar-refractivity contribution is 5.69. The Morgan fingerprint density at radius 3 is 1.12 bits per heavy atom. The molecule has 6 heteroatoms. The number of aliphatic hydroxyl groups is 1. The first-order valence-electron chi connectivity index (χ1n) is 21.1. The van der Waals surface area contributed by atoms with Crippen LogP contribution in [0.25, 0.3) is 0 Å². The zero-order valence-electron chi connectivity index (χ0n) is 32.6. The maximum Gasteiger partial charge on any atom is 0.305 e. The van der Waals surface area contributed by atoms with Crippen molar-refractivity contribution in [2.75, 3.05) is 39.5 Å². The quantitative estimate of drug-likeness (QED) is 0.0393. The summed E-state index contributed by atoms with van der Waals surface area (Å²) < 4.78 is 10.9. The number of allylic oxidation sites excluding steroid dienone is 4. The van der Waals surface area contributed by atoms with Crippen molar-refractivity contribution in [3.63, 3.8) is 0 Å². The van der Waals surface area contributed by atoms with Crippen LogP contribution in [0.5, 0.6) is 0 Å². The third-order valence-electron chi connectivity index (χ3n) is 9.26. The fourth-order valence-electron chi connectivity index (χ4n) is 6.03. The third kappa shape index (κ3) is 39.0. The van der Waals surface area contributed by atoms with Gasteiger partial charge < -0.3 is 14.6 Å². The molecule has 0 saturated heterocycles. The Labute approximate surface area is 304 Å². The summed E-state index contributed by atoms with van der Waals surface area (Å²) in [7, 11) is 0. The number of carbonyl (C=O) groups excluding carboxylic acids is 2. The number of unbranched alkanes of at least 4 members (excludes halogenated alkanes) is 22. The summed E-state index contributed by atoms with van der Waals surface area (Å²) in [6.45, 7) is 7.17. The van der Waals surface area contributed by atoms with Crippen molar-refractivity contribution < 1.29 is 24.2 Å². The van der Waals surface area contributed by atoms with E-state index >= 15 is 0 Å². The Morgan fingerprint density at radius 2 is 0.776 bits per heavy atom. The fourth-order valence-corrected chi connectivity index (χ4v) is 6.03. The topological polar surface area (TPSA) is 76.1 Å². The van der Waals surface area contributed by atoms with Crippen LogP contribution < -0.4 is 0 Å². The maximum absolute atomic E-state index is 12.2. The van der Waals surface area contributed by atoms with Crippen LogP contribution in [-0.2, 0) is 19.1 Å². The molecule has 0 fully saturated rings. The number of aliphatic hydroxyl groups excluding tert-OH is 1. The first-order chi connectivity index (χ1) is 24.1. The Bertz CT molecular complexity index is 695. The standard InChI is InChI=1S/C43H81NO5/c1-3-5-7-9-11-13-15-17-19-21-23-25-27-29-31-34-42(46)48-40-37-44(36-33-39-45)38-41-49-43(47)35-32-30-28-26-24-22-20-18-16-14-12-10-8-6-4-2/h17-20,45H,3-16,21-41H2,1-2H3/b19-17-,20-18-. The maximum atomic E-state index is 12.2. The number of carbonyl (C=O) groups is 2. The molecule has 0 rings (SSSR count). The summed E-state index contributed by atoms with van der Waals surface area (Å²) in [5.41, 5.74) is 0. The number of hydrogen-bond acceptors (Lipinski definition) is 6. The van der Waals surface area contributed by atoms with Gasteiger partial charge in [0.2, 0.25) is 0 Å². The fraction of sp³-hybridized carbons (Fsp3) is 0.860. The van der Waals surface area contributed by atoms with Crippen molar-refractivity contribution >= 4 is 11.9 Å². The van der Waals surface area contributed by atoms with E-state index in [-0.39, 0.29) is 18.5 Å². The lowest BCUT2D eigenvalue weighted by Crippen LogP contribution is -2.33. The number of esters is 2. The molecule has 0 aliphatic rings. The number of hydrogen-bond donors (Lipinski definition) is 1. The van der Waals surface area contributed by atoms with Crippen LogP contribution in [0.2, 0.25) is 0 Å². The molecule has 0 bridgehead atoms. The van der Waals surface area contributed by atoms with E-state index in [9.17, 15) is 14.7 Å². The molecular formula is C43H81NO5. The molecule has 0 radical (unpaired) electrons. The lowest BCUT2D eigenvalue weighted by atomic mass is 10.1. The van der Waals surface area contributed by atoms with E-state index in [1.807, 2.05) is 0 Å². The number of nitrogens with zero attached hydrogens (tertiary/aromatic N) is 1. The molecule has 0 saturated carbocycles. The van der Waals surface area contributed by atoms with Gasteiger partial charge in [0.15, 0.2) is 0 Å². The predicted octanol–water partition coefficient (Wildman–Crippen LogP) is 11.8. The Balaban J connectivity index is 3.72. The van der Waals surface area contributed by atoms with Crippen LogP contribution in [-0.4, -0.2) is 61.4 Å². The lowest BCUT2D eigenvalue weighted by molar-refractivity contribution is -0.144. The van der Waals surface area contributed by atoms with E-state index in [4.69, 9.17) is 9.47 Å². The average Bonchev–Trinajstić information content (AvgIpc) is 3.10. The first kappa shape index (κ1) is 47.3. The van der Waals surface area contributed by atoms with E-state index < -0.39 is 0 Å². The van der Waals surface area contributed by atoms with Gasteiger partial charge in [-0.3, -0.25) is 14.5 Å². The van der Waals surface area contributed by atoms with Crippen molar-refractivity contribution in [3.05, 3.63) is 24.3 Å². The zero-order valence-corrected chi connectivity index (χ0v) is 32.6. The van der Waals surface area contributed by atoms with Gasteiger partial charge in [-0.05, 0) is 70.6 Å². The second kappa shape index (κ2) is 40.8. The minimum Gasteiger partial charge on any atom is -0.464 e. The molecule has 1 N–H and O–H groups in total. The van der Waals surface area contributed by atoms with Gasteiger partial charge in [-0.25, -0.2) is 0 Å². The van der Waals surface area contributed by atoms with Crippen LogP contribution in [0.3, 0.4) is 0 Å². The van der Waals surface area contributed by atoms with Crippen LogP contribution in [0.4, 0.5) is 0 Å². The van der Waals surface area contributed by atoms with Crippen LogP contribution in [0, 0.1) is 0 Å². The normalized spacial score (nSPS) is 11.8. The summed E-state index contributed by atoms with van der Waals surface area (Å²) in [5, 5.41) is 9.26. The van der Waals surface area contributed by atoms with Gasteiger partial charge in [0, 0.05) is 39.1 Å². The molecule has 0 amide bonds. The second-order valence-electron chi connectivity index (χ2n) is 14.0.